The van der Waals surface area contributed by atoms with Gasteiger partial charge in [-0.15, -0.1) is 0 Å². The van der Waals surface area contributed by atoms with E-state index in [2.05, 4.69) is 27.5 Å². The van der Waals surface area contributed by atoms with Crippen molar-refractivity contribution < 1.29 is 39.6 Å². The molecule has 13 nitrogen and oxygen atoms in total. The topological polar surface area (TPSA) is 194 Å². The zero-order valence-corrected chi connectivity index (χ0v) is 25.8. The van der Waals surface area contributed by atoms with Crippen molar-refractivity contribution in [3.63, 3.8) is 0 Å². The van der Waals surface area contributed by atoms with E-state index in [9.17, 15) is 19.6 Å². The minimum atomic E-state index is -0.645. The van der Waals surface area contributed by atoms with Gasteiger partial charge in [0.15, 0.2) is 0 Å². The van der Waals surface area contributed by atoms with Crippen molar-refractivity contribution in [2.75, 3.05) is 34.6 Å². The number of unbranched alkanes of at least 4 members (excludes halogenated alkanes) is 2. The van der Waals surface area contributed by atoms with Crippen molar-refractivity contribution in [3.8, 4) is 17.0 Å². The third kappa shape index (κ3) is 13.8. The molecule has 238 valence electrons. The largest absolute Gasteiger partial charge is 0.494 e. The average molecular weight is 596 g/mol. The number of hydrogen-bond acceptors (Lipinski definition) is 10. The zero-order chi connectivity index (χ0) is 32.5. The fourth-order valence-corrected chi connectivity index (χ4v) is 3.96. The highest BCUT2D eigenvalue weighted by Crippen LogP contribution is 2.26. The van der Waals surface area contributed by atoms with Crippen molar-refractivity contribution in [2.45, 2.75) is 65.8 Å². The molecule has 0 saturated heterocycles. The Bertz CT molecular complexity index is 1030. The highest BCUT2D eigenvalue weighted by atomic mass is 16.5. The molecule has 1 aromatic carbocycles. The number of aliphatic hydroxyl groups is 3. The summed E-state index contributed by atoms with van der Waals surface area (Å²) in [5.74, 6) is -0.697. The van der Waals surface area contributed by atoms with E-state index in [1.165, 1.54) is 6.20 Å². The van der Waals surface area contributed by atoms with Crippen molar-refractivity contribution in [3.05, 3.63) is 41.9 Å². The molecular formula is C29H49N5O8. The number of aliphatic hydroxyl groups excluding tert-OH is 3. The number of carbonyl (C=O) groups excluding carboxylic acids is 3. The number of nitrogens with one attached hydrogen (secondary N) is 2. The van der Waals surface area contributed by atoms with E-state index >= 15 is 0 Å². The molecule has 1 aromatic heterocycles. The lowest BCUT2D eigenvalue weighted by molar-refractivity contribution is -0.168. The number of hydrogen-bond donors (Lipinski definition) is 6. The Balaban J connectivity index is 0. The molecule has 2 aromatic rings. The van der Waals surface area contributed by atoms with Crippen LogP contribution in [0.5, 0.6) is 5.75 Å². The van der Waals surface area contributed by atoms with Gasteiger partial charge < -0.3 is 30.7 Å². The summed E-state index contributed by atoms with van der Waals surface area (Å²) in [6.07, 6.45) is 6.87. The van der Waals surface area contributed by atoms with Crippen LogP contribution in [-0.4, -0.2) is 94.4 Å². The third-order valence-electron chi connectivity index (χ3n) is 5.95. The fourth-order valence-electron chi connectivity index (χ4n) is 3.96. The van der Waals surface area contributed by atoms with Crippen LogP contribution in [0.2, 0.25) is 0 Å². The lowest BCUT2D eigenvalue weighted by Crippen LogP contribution is -2.47. The first-order valence-electron chi connectivity index (χ1n) is 13.7. The highest BCUT2D eigenvalue weighted by molar-refractivity contribution is 5.92. The number of aromatic nitrogens is 2. The molecule has 0 aliphatic rings. The SMILES string of the molecule is CCCCCC(C(=O)NCNC(=O)c1cncc(-c2ccc(C)c(OCC)c2)n1)C(CC)N(O)C=O.CO.CO.CO. The smallest absolute Gasteiger partial charge is 0.272 e. The van der Waals surface area contributed by atoms with Gasteiger partial charge in [0.2, 0.25) is 12.3 Å². The van der Waals surface area contributed by atoms with Crippen LogP contribution in [0.3, 0.4) is 0 Å². The fraction of sp³-hybridized carbons (Fsp3) is 0.552. The number of benzene rings is 1. The first kappa shape index (κ1) is 40.5. The van der Waals surface area contributed by atoms with Gasteiger partial charge in [0.25, 0.3) is 5.91 Å². The lowest BCUT2D eigenvalue weighted by atomic mass is 9.90. The van der Waals surface area contributed by atoms with Crippen LogP contribution < -0.4 is 15.4 Å². The van der Waals surface area contributed by atoms with Crippen molar-refractivity contribution in [2.24, 2.45) is 5.92 Å². The summed E-state index contributed by atoms with van der Waals surface area (Å²) in [6.45, 7) is 8.13. The third-order valence-corrected chi connectivity index (χ3v) is 5.95. The molecule has 1 heterocycles. The van der Waals surface area contributed by atoms with Gasteiger partial charge in [0, 0.05) is 26.9 Å². The molecule has 2 rings (SSSR count). The predicted molar refractivity (Wildman–Crippen MR) is 160 cm³/mol. The molecule has 42 heavy (non-hydrogen) atoms. The number of aryl methyl sites for hydroxylation is 1. The van der Waals surface area contributed by atoms with Crippen molar-refractivity contribution in [1.82, 2.24) is 25.7 Å². The monoisotopic (exact) mass is 595 g/mol. The highest BCUT2D eigenvalue weighted by Gasteiger charge is 2.30. The van der Waals surface area contributed by atoms with Crippen LogP contribution in [0.15, 0.2) is 30.6 Å². The molecule has 0 spiro atoms. The van der Waals surface area contributed by atoms with Gasteiger partial charge in [-0.05, 0) is 38.3 Å². The number of rotatable bonds is 15. The molecule has 0 saturated carbocycles. The van der Waals surface area contributed by atoms with Crippen LogP contribution in [0, 0.1) is 12.8 Å². The van der Waals surface area contributed by atoms with Gasteiger partial charge in [0.1, 0.15) is 11.4 Å². The van der Waals surface area contributed by atoms with Crippen LogP contribution >= 0.6 is 0 Å². The molecule has 0 bridgehead atoms. The number of carbonyl (C=O) groups is 3. The van der Waals surface area contributed by atoms with E-state index in [-0.39, 0.29) is 18.3 Å². The number of amides is 3. The van der Waals surface area contributed by atoms with Gasteiger partial charge in [-0.1, -0.05) is 45.2 Å². The zero-order valence-electron chi connectivity index (χ0n) is 25.8. The molecule has 0 fully saturated rings. The Morgan fingerprint density at radius 3 is 2.26 bits per heavy atom. The molecule has 13 heteroatoms. The Morgan fingerprint density at radius 2 is 1.69 bits per heavy atom. The predicted octanol–water partition coefficient (Wildman–Crippen LogP) is 2.30. The summed E-state index contributed by atoms with van der Waals surface area (Å²) >= 11 is 0. The van der Waals surface area contributed by atoms with E-state index in [0.29, 0.717) is 36.6 Å². The molecule has 2 unspecified atom stereocenters. The molecule has 6 N–H and O–H groups in total. The van der Waals surface area contributed by atoms with Crippen molar-refractivity contribution in [1.29, 1.82) is 0 Å². The molecule has 0 aliphatic carbocycles. The molecule has 0 radical (unpaired) electrons. The van der Waals surface area contributed by atoms with E-state index in [1.54, 1.807) is 13.1 Å². The Kier molecular flexibility index (Phi) is 24.2. The quantitative estimate of drug-likeness (QED) is 0.0585. The molecule has 2 atom stereocenters. The summed E-state index contributed by atoms with van der Waals surface area (Å²) in [7, 11) is 3.00. The van der Waals surface area contributed by atoms with Gasteiger partial charge in [-0.2, -0.15) is 0 Å². The second-order valence-electron chi connectivity index (χ2n) is 8.49. The Morgan fingerprint density at radius 1 is 1.02 bits per heavy atom. The average Bonchev–Trinajstić information content (AvgIpc) is 3.04. The van der Waals surface area contributed by atoms with Gasteiger partial charge >= 0.3 is 0 Å². The van der Waals surface area contributed by atoms with E-state index in [4.69, 9.17) is 20.1 Å². The maximum atomic E-state index is 12.9. The maximum Gasteiger partial charge on any atom is 0.272 e. The van der Waals surface area contributed by atoms with Gasteiger partial charge in [-0.25, -0.2) is 10.0 Å². The standard InChI is InChI=1S/C26H37N5O5.3CH4O/c1-5-8-9-10-20(23(6-2)31(35)17-32)25(33)28-16-29-26(34)22-15-27-14-21(30-22)19-12-11-18(4)24(13-19)36-7-3;3*1-2/h11-15,17,20,23,35H,5-10,16H2,1-4H3,(H,28,33)(H,29,34);3*2H,1H3. The first-order valence-corrected chi connectivity index (χ1v) is 13.7. The second kappa shape index (κ2) is 25.1. The summed E-state index contributed by atoms with van der Waals surface area (Å²) in [5, 5.41) is 36.8. The molecular weight excluding hydrogens is 546 g/mol. The number of hydroxylamine groups is 2. The van der Waals surface area contributed by atoms with Crippen molar-refractivity contribution >= 4 is 18.2 Å². The van der Waals surface area contributed by atoms with Crippen LogP contribution in [0.4, 0.5) is 0 Å². The van der Waals surface area contributed by atoms with E-state index in [1.807, 2.05) is 32.0 Å². The normalized spacial score (nSPS) is 11.0. The summed E-state index contributed by atoms with van der Waals surface area (Å²) in [4.78, 5) is 45.2. The first-order chi connectivity index (χ1) is 20.4. The summed E-state index contributed by atoms with van der Waals surface area (Å²) in [6, 6.07) is 5.02. The minimum Gasteiger partial charge on any atom is -0.494 e. The van der Waals surface area contributed by atoms with E-state index < -0.39 is 17.9 Å². The number of nitrogens with zero attached hydrogens (tertiary/aromatic N) is 3. The lowest BCUT2D eigenvalue weighted by Gasteiger charge is -2.29. The molecule has 0 aliphatic heterocycles. The maximum absolute atomic E-state index is 12.9. The summed E-state index contributed by atoms with van der Waals surface area (Å²) in [5.41, 5.74) is 2.39. The Labute approximate surface area is 248 Å². The number of ether oxygens (including phenoxy) is 1. The van der Waals surface area contributed by atoms with Gasteiger partial charge in [-0.3, -0.25) is 24.6 Å². The molecule has 3 amide bonds. The summed E-state index contributed by atoms with van der Waals surface area (Å²) < 4.78 is 5.64. The van der Waals surface area contributed by atoms with Gasteiger partial charge in [0.05, 0.1) is 43.3 Å². The van der Waals surface area contributed by atoms with Crippen LogP contribution in [0.25, 0.3) is 11.3 Å². The minimum absolute atomic E-state index is 0.105. The van der Waals surface area contributed by atoms with Crippen LogP contribution in [0.1, 0.15) is 68.9 Å². The van der Waals surface area contributed by atoms with Crippen LogP contribution in [-0.2, 0) is 9.59 Å². The second-order valence-corrected chi connectivity index (χ2v) is 8.49. The van der Waals surface area contributed by atoms with E-state index in [0.717, 1.165) is 57.5 Å². The Hall–Kier alpha value is -3.65.